The lowest BCUT2D eigenvalue weighted by Gasteiger charge is -2.35. The van der Waals surface area contributed by atoms with E-state index in [0.29, 0.717) is 5.96 Å². The van der Waals surface area contributed by atoms with Crippen LogP contribution in [0, 0.1) is 0 Å². The molecule has 136 valence electrons. The van der Waals surface area contributed by atoms with E-state index in [4.69, 9.17) is 10.7 Å². The van der Waals surface area contributed by atoms with Crippen molar-refractivity contribution in [1.29, 1.82) is 0 Å². The van der Waals surface area contributed by atoms with Crippen LogP contribution in [-0.2, 0) is 16.9 Å². The summed E-state index contributed by atoms with van der Waals surface area (Å²) in [6, 6.07) is 15.9. The second kappa shape index (κ2) is 5.57. The van der Waals surface area contributed by atoms with Gasteiger partial charge in [-0.1, -0.05) is 36.4 Å². The van der Waals surface area contributed by atoms with E-state index in [-0.39, 0.29) is 11.9 Å². The number of carbonyl (C=O) groups excluding carboxylic acids is 1. The third kappa shape index (κ3) is 2.17. The summed E-state index contributed by atoms with van der Waals surface area (Å²) in [7, 11) is 1.75. The van der Waals surface area contributed by atoms with Gasteiger partial charge in [0.25, 0.3) is 11.6 Å². The predicted molar refractivity (Wildman–Crippen MR) is 106 cm³/mol. The number of aryl methyl sites for hydroxylation is 1. The zero-order chi connectivity index (χ0) is 18.6. The van der Waals surface area contributed by atoms with E-state index < -0.39 is 5.66 Å². The molecule has 7 heteroatoms. The molecule has 27 heavy (non-hydrogen) atoms. The Morgan fingerprint density at radius 1 is 1.07 bits per heavy atom. The summed E-state index contributed by atoms with van der Waals surface area (Å²) in [4.78, 5) is 26.2. The van der Waals surface area contributed by atoms with Gasteiger partial charge in [-0.15, -0.1) is 0 Å². The molecular weight excluding hydrogens is 340 g/mol. The van der Waals surface area contributed by atoms with E-state index in [1.54, 1.807) is 11.9 Å². The molecule has 2 aromatic rings. The highest BCUT2D eigenvalue weighted by Crippen LogP contribution is 2.44. The van der Waals surface area contributed by atoms with Crippen LogP contribution < -0.4 is 20.9 Å². The maximum Gasteiger partial charge on any atom is 0.282 e. The minimum absolute atomic E-state index is 0.196. The average molecular weight is 360 g/mol. The normalized spacial score (nSPS) is 23.5. The van der Waals surface area contributed by atoms with Crippen molar-refractivity contribution in [2.45, 2.75) is 18.5 Å². The van der Waals surface area contributed by atoms with Crippen LogP contribution in [0.15, 0.2) is 58.5 Å². The molecule has 0 unspecified atom stereocenters. The molecule has 0 bridgehead atoms. The molecule has 5 rings (SSSR count). The quantitative estimate of drug-likeness (QED) is 0.746. The number of hydrogen-bond donors (Lipinski definition) is 2. The minimum atomic E-state index is -1.36. The van der Waals surface area contributed by atoms with Gasteiger partial charge in [-0.05, 0) is 30.5 Å². The number of guanidine groups is 2. The lowest BCUT2D eigenvalue weighted by Crippen LogP contribution is -2.55. The standard InChI is InChI=1S/C20H20N6O/c1-25-16-11-5-3-9-14(16)20(17(25)27)23-18(21)22-19(24-20)26-12-6-8-13-7-2-4-10-15(13)26/h2-5,7,9-11H,6,8,12H2,1H3,(H3,21,22,23,24)/t20-/m0/s1. The summed E-state index contributed by atoms with van der Waals surface area (Å²) < 4.78 is 0. The molecule has 3 aliphatic heterocycles. The lowest BCUT2D eigenvalue weighted by molar-refractivity contribution is -0.122. The van der Waals surface area contributed by atoms with E-state index in [9.17, 15) is 4.79 Å². The Bertz CT molecular complexity index is 1010. The molecule has 0 saturated carbocycles. The maximum absolute atomic E-state index is 13.2. The summed E-state index contributed by atoms with van der Waals surface area (Å²) in [5.74, 6) is 0.561. The number of anilines is 2. The van der Waals surface area contributed by atoms with E-state index in [2.05, 4.69) is 27.3 Å². The molecule has 0 fully saturated rings. The molecular formula is C20H20N6O. The first-order chi connectivity index (χ1) is 13.1. The third-order valence-electron chi connectivity index (χ3n) is 5.40. The van der Waals surface area contributed by atoms with Gasteiger partial charge in [-0.2, -0.15) is 0 Å². The first kappa shape index (κ1) is 15.9. The second-order valence-electron chi connectivity index (χ2n) is 6.99. The van der Waals surface area contributed by atoms with E-state index in [1.807, 2.05) is 36.4 Å². The van der Waals surface area contributed by atoms with Gasteiger partial charge in [-0.25, -0.2) is 9.98 Å². The van der Waals surface area contributed by atoms with Crippen LogP contribution in [0.1, 0.15) is 17.5 Å². The van der Waals surface area contributed by atoms with Gasteiger partial charge < -0.3 is 15.5 Å². The molecule has 3 N–H and O–H groups in total. The van der Waals surface area contributed by atoms with Crippen molar-refractivity contribution < 1.29 is 4.79 Å². The molecule has 1 atom stereocenters. The number of fused-ring (bicyclic) bond motifs is 3. The summed E-state index contributed by atoms with van der Waals surface area (Å²) >= 11 is 0. The highest BCUT2D eigenvalue weighted by molar-refractivity contribution is 6.15. The Labute approximate surface area is 157 Å². The molecule has 7 nitrogen and oxygen atoms in total. The Morgan fingerprint density at radius 2 is 1.81 bits per heavy atom. The largest absolute Gasteiger partial charge is 0.370 e. The van der Waals surface area contributed by atoms with Gasteiger partial charge in [0.05, 0.1) is 5.69 Å². The number of likely N-dealkylation sites (N-methyl/N-ethyl adjacent to an activating group) is 1. The number of nitrogens with two attached hydrogens (primary N) is 1. The van der Waals surface area contributed by atoms with Crippen molar-refractivity contribution in [2.24, 2.45) is 15.7 Å². The molecule has 1 amide bonds. The van der Waals surface area contributed by atoms with Crippen LogP contribution in [0.2, 0.25) is 0 Å². The number of para-hydroxylation sites is 2. The Balaban J connectivity index is 1.67. The van der Waals surface area contributed by atoms with Crippen molar-refractivity contribution in [3.63, 3.8) is 0 Å². The Hall–Kier alpha value is -3.35. The van der Waals surface area contributed by atoms with Crippen LogP contribution in [0.3, 0.4) is 0 Å². The molecule has 0 saturated heterocycles. The topological polar surface area (TPSA) is 86.3 Å². The lowest BCUT2D eigenvalue weighted by atomic mass is 10.0. The monoisotopic (exact) mass is 360 g/mol. The molecule has 0 aliphatic carbocycles. The summed E-state index contributed by atoms with van der Waals surface area (Å²) in [5, 5.41) is 3.08. The van der Waals surface area contributed by atoms with Gasteiger partial charge in [-0.3, -0.25) is 10.1 Å². The SMILES string of the molecule is CN1C(=O)[C@]2(N=C(N)NC(N3CCCc4ccccc43)=N2)c2ccccc21. The second-order valence-corrected chi connectivity index (χ2v) is 6.99. The zero-order valence-electron chi connectivity index (χ0n) is 15.0. The number of rotatable bonds is 0. The Kier molecular flexibility index (Phi) is 3.28. The molecule has 3 heterocycles. The van der Waals surface area contributed by atoms with Crippen LogP contribution in [0.25, 0.3) is 0 Å². The predicted octanol–water partition coefficient (Wildman–Crippen LogP) is 1.54. The third-order valence-corrected chi connectivity index (χ3v) is 5.40. The average Bonchev–Trinajstić information content (AvgIpc) is 2.89. The molecule has 0 radical (unpaired) electrons. The van der Waals surface area contributed by atoms with Crippen molar-refractivity contribution in [1.82, 2.24) is 5.32 Å². The maximum atomic E-state index is 13.2. The number of amides is 1. The number of benzene rings is 2. The number of nitrogens with one attached hydrogen (secondary N) is 1. The summed E-state index contributed by atoms with van der Waals surface area (Å²) in [6.45, 7) is 0.803. The number of carbonyl (C=O) groups is 1. The van der Waals surface area contributed by atoms with Crippen molar-refractivity contribution in [2.75, 3.05) is 23.4 Å². The van der Waals surface area contributed by atoms with Gasteiger partial charge >= 0.3 is 0 Å². The first-order valence-electron chi connectivity index (χ1n) is 9.05. The fraction of sp³-hybridized carbons (Fsp3) is 0.250. The number of nitrogens with zero attached hydrogens (tertiary/aromatic N) is 4. The molecule has 3 aliphatic rings. The van der Waals surface area contributed by atoms with Crippen molar-refractivity contribution >= 4 is 29.2 Å². The van der Waals surface area contributed by atoms with Crippen LogP contribution in [-0.4, -0.2) is 31.4 Å². The van der Waals surface area contributed by atoms with E-state index in [0.717, 1.165) is 36.3 Å². The smallest absolute Gasteiger partial charge is 0.282 e. The van der Waals surface area contributed by atoms with E-state index >= 15 is 0 Å². The van der Waals surface area contributed by atoms with Crippen molar-refractivity contribution in [3.8, 4) is 0 Å². The fourth-order valence-corrected chi connectivity index (χ4v) is 4.14. The molecule has 0 aromatic heterocycles. The minimum Gasteiger partial charge on any atom is -0.370 e. The zero-order valence-corrected chi connectivity index (χ0v) is 15.0. The van der Waals surface area contributed by atoms with Crippen LogP contribution >= 0.6 is 0 Å². The highest BCUT2D eigenvalue weighted by Gasteiger charge is 2.52. The number of aliphatic imine (C=N–C) groups is 2. The van der Waals surface area contributed by atoms with Gasteiger partial charge in [0.1, 0.15) is 0 Å². The number of hydrogen-bond acceptors (Lipinski definition) is 6. The first-order valence-corrected chi connectivity index (χ1v) is 9.05. The van der Waals surface area contributed by atoms with Gasteiger partial charge in [0.2, 0.25) is 5.96 Å². The highest BCUT2D eigenvalue weighted by atomic mass is 16.2. The molecule has 2 aromatic carbocycles. The fourth-order valence-electron chi connectivity index (χ4n) is 4.14. The molecule has 1 spiro atoms. The van der Waals surface area contributed by atoms with Gasteiger partial charge in [0.15, 0.2) is 5.96 Å². The Morgan fingerprint density at radius 3 is 2.67 bits per heavy atom. The van der Waals surface area contributed by atoms with Crippen molar-refractivity contribution in [3.05, 3.63) is 59.7 Å². The summed E-state index contributed by atoms with van der Waals surface area (Å²) in [5.41, 5.74) is 8.69. The summed E-state index contributed by atoms with van der Waals surface area (Å²) in [6.07, 6.45) is 2.03. The van der Waals surface area contributed by atoms with Crippen LogP contribution in [0.5, 0.6) is 0 Å². The van der Waals surface area contributed by atoms with Crippen LogP contribution in [0.4, 0.5) is 11.4 Å². The van der Waals surface area contributed by atoms with Gasteiger partial charge in [0, 0.05) is 24.8 Å². The van der Waals surface area contributed by atoms with E-state index in [1.165, 1.54) is 5.56 Å².